The molecule has 0 aliphatic carbocycles. The maximum atomic E-state index is 5.99. The number of hydrogen-bond donors (Lipinski definition) is 1. The number of nitrogens with zero attached hydrogens (tertiary/aromatic N) is 2. The van der Waals surface area contributed by atoms with Crippen molar-refractivity contribution in [3.8, 4) is 22.8 Å². The summed E-state index contributed by atoms with van der Waals surface area (Å²) >= 11 is 9.48. The lowest BCUT2D eigenvalue weighted by molar-refractivity contribution is 1.10. The van der Waals surface area contributed by atoms with E-state index in [4.69, 9.17) is 11.6 Å². The van der Waals surface area contributed by atoms with Crippen molar-refractivity contribution < 1.29 is 0 Å². The molecular formula is C15H11BrClN3. The summed E-state index contributed by atoms with van der Waals surface area (Å²) in [7, 11) is 0. The molecule has 0 aliphatic rings. The number of halogens is 2. The molecule has 3 rings (SSSR count). The predicted octanol–water partition coefficient (Wildman–Crippen LogP) is 4.69. The van der Waals surface area contributed by atoms with Gasteiger partial charge in [-0.1, -0.05) is 63.9 Å². The number of hydrogen-bond acceptors (Lipinski definition) is 2. The van der Waals surface area contributed by atoms with Crippen LogP contribution in [0.3, 0.4) is 0 Å². The van der Waals surface area contributed by atoms with E-state index in [0.717, 1.165) is 22.3 Å². The Kier molecular flexibility index (Phi) is 3.85. The highest BCUT2D eigenvalue weighted by Gasteiger charge is 2.10. The number of aromatic nitrogens is 3. The topological polar surface area (TPSA) is 41.6 Å². The lowest BCUT2D eigenvalue weighted by Crippen LogP contribution is -1.87. The standard InChI is InChI=1S/C15H11BrClN3/c16-9-11-4-1-2-7-13(11)15-18-14(19-20-15)10-5-3-6-12(17)8-10/h1-8H,9H2,(H,18,19,20). The van der Waals surface area contributed by atoms with Gasteiger partial charge in [-0.15, -0.1) is 0 Å². The summed E-state index contributed by atoms with van der Waals surface area (Å²) in [6, 6.07) is 15.6. The van der Waals surface area contributed by atoms with E-state index in [1.807, 2.05) is 42.5 Å². The minimum atomic E-state index is 0.645. The molecule has 3 aromatic rings. The van der Waals surface area contributed by atoms with Crippen LogP contribution in [-0.4, -0.2) is 15.2 Å². The number of H-pyrrole nitrogens is 1. The van der Waals surface area contributed by atoms with Gasteiger partial charge in [0.2, 0.25) is 0 Å². The number of aromatic amines is 1. The van der Waals surface area contributed by atoms with Crippen molar-refractivity contribution in [2.75, 3.05) is 0 Å². The summed E-state index contributed by atoms with van der Waals surface area (Å²) in [6.07, 6.45) is 0. The van der Waals surface area contributed by atoms with Gasteiger partial charge in [0.15, 0.2) is 11.6 Å². The van der Waals surface area contributed by atoms with E-state index >= 15 is 0 Å². The summed E-state index contributed by atoms with van der Waals surface area (Å²) < 4.78 is 0. The van der Waals surface area contributed by atoms with E-state index < -0.39 is 0 Å². The van der Waals surface area contributed by atoms with Gasteiger partial charge in [-0.2, -0.15) is 5.10 Å². The molecule has 0 spiro atoms. The van der Waals surface area contributed by atoms with Gasteiger partial charge in [0.05, 0.1) is 0 Å². The van der Waals surface area contributed by atoms with Gasteiger partial charge in [0.1, 0.15) is 0 Å². The Hall–Kier alpha value is -1.65. The lowest BCUT2D eigenvalue weighted by atomic mass is 10.1. The van der Waals surface area contributed by atoms with Crippen LogP contribution in [0, 0.1) is 0 Å². The molecular weight excluding hydrogens is 338 g/mol. The highest BCUT2D eigenvalue weighted by Crippen LogP contribution is 2.25. The third-order valence-corrected chi connectivity index (χ3v) is 3.82. The second kappa shape index (κ2) is 5.77. The average Bonchev–Trinajstić information content (AvgIpc) is 2.97. The van der Waals surface area contributed by atoms with Crippen LogP contribution in [0.25, 0.3) is 22.8 Å². The maximum Gasteiger partial charge on any atom is 0.181 e. The molecule has 1 N–H and O–H groups in total. The van der Waals surface area contributed by atoms with Crippen molar-refractivity contribution in [2.24, 2.45) is 0 Å². The van der Waals surface area contributed by atoms with Gasteiger partial charge in [-0.05, 0) is 17.7 Å². The Morgan fingerprint density at radius 2 is 1.95 bits per heavy atom. The van der Waals surface area contributed by atoms with Crippen LogP contribution in [0.1, 0.15) is 5.56 Å². The van der Waals surface area contributed by atoms with E-state index in [9.17, 15) is 0 Å². The summed E-state index contributed by atoms with van der Waals surface area (Å²) in [6.45, 7) is 0. The van der Waals surface area contributed by atoms with Crippen molar-refractivity contribution in [3.05, 3.63) is 59.1 Å². The molecule has 20 heavy (non-hydrogen) atoms. The third-order valence-electron chi connectivity index (χ3n) is 2.98. The molecule has 5 heteroatoms. The van der Waals surface area contributed by atoms with Crippen LogP contribution in [0.5, 0.6) is 0 Å². The molecule has 2 aromatic carbocycles. The first-order chi connectivity index (χ1) is 9.78. The van der Waals surface area contributed by atoms with Gasteiger partial charge in [0.25, 0.3) is 0 Å². The number of alkyl halides is 1. The molecule has 0 saturated heterocycles. The smallest absolute Gasteiger partial charge is 0.181 e. The van der Waals surface area contributed by atoms with Crippen molar-refractivity contribution in [1.29, 1.82) is 0 Å². The highest BCUT2D eigenvalue weighted by molar-refractivity contribution is 9.08. The Morgan fingerprint density at radius 3 is 2.75 bits per heavy atom. The zero-order chi connectivity index (χ0) is 13.9. The molecule has 0 bridgehead atoms. The van der Waals surface area contributed by atoms with E-state index in [0.29, 0.717) is 10.8 Å². The normalized spacial score (nSPS) is 10.7. The molecule has 0 saturated carbocycles. The molecule has 0 unspecified atom stereocenters. The Labute approximate surface area is 130 Å². The summed E-state index contributed by atoms with van der Waals surface area (Å²) in [5.74, 6) is 1.40. The Balaban J connectivity index is 2.02. The maximum absolute atomic E-state index is 5.99. The van der Waals surface area contributed by atoms with Crippen LogP contribution in [0.15, 0.2) is 48.5 Å². The molecule has 1 heterocycles. The number of nitrogens with one attached hydrogen (secondary N) is 1. The van der Waals surface area contributed by atoms with E-state index in [1.54, 1.807) is 0 Å². The van der Waals surface area contributed by atoms with Crippen LogP contribution in [0.2, 0.25) is 5.02 Å². The second-order valence-electron chi connectivity index (χ2n) is 4.31. The Bertz CT molecular complexity index is 739. The van der Waals surface area contributed by atoms with Crippen LogP contribution >= 0.6 is 27.5 Å². The van der Waals surface area contributed by atoms with Crippen molar-refractivity contribution >= 4 is 27.5 Å². The van der Waals surface area contributed by atoms with Gasteiger partial charge in [-0.25, -0.2) is 4.98 Å². The molecule has 0 amide bonds. The average molecular weight is 349 g/mol. The predicted molar refractivity (Wildman–Crippen MR) is 84.9 cm³/mol. The van der Waals surface area contributed by atoms with E-state index in [1.165, 1.54) is 5.56 Å². The fourth-order valence-corrected chi connectivity index (χ4v) is 2.69. The minimum absolute atomic E-state index is 0.645. The minimum Gasteiger partial charge on any atom is -0.259 e. The summed E-state index contributed by atoms with van der Waals surface area (Å²) in [5.41, 5.74) is 3.11. The molecule has 0 fully saturated rings. The quantitative estimate of drug-likeness (QED) is 0.698. The van der Waals surface area contributed by atoms with Gasteiger partial charge < -0.3 is 0 Å². The van der Waals surface area contributed by atoms with Gasteiger partial charge >= 0.3 is 0 Å². The van der Waals surface area contributed by atoms with E-state index in [2.05, 4.69) is 37.2 Å². The fourth-order valence-electron chi connectivity index (χ4n) is 2.01. The largest absolute Gasteiger partial charge is 0.259 e. The van der Waals surface area contributed by atoms with Crippen molar-refractivity contribution in [1.82, 2.24) is 15.2 Å². The SMILES string of the molecule is Clc1cccc(-c2n[nH]c(-c3ccccc3CBr)n2)c1. The number of rotatable bonds is 3. The van der Waals surface area contributed by atoms with Crippen LogP contribution < -0.4 is 0 Å². The molecule has 0 atom stereocenters. The van der Waals surface area contributed by atoms with Crippen molar-refractivity contribution in [3.63, 3.8) is 0 Å². The molecule has 1 aromatic heterocycles. The first kappa shape index (κ1) is 13.3. The van der Waals surface area contributed by atoms with Crippen LogP contribution in [-0.2, 0) is 5.33 Å². The highest BCUT2D eigenvalue weighted by atomic mass is 79.9. The van der Waals surface area contributed by atoms with Gasteiger partial charge in [0, 0.05) is 21.5 Å². The van der Waals surface area contributed by atoms with Gasteiger partial charge in [-0.3, -0.25) is 5.10 Å². The van der Waals surface area contributed by atoms with Crippen molar-refractivity contribution in [2.45, 2.75) is 5.33 Å². The zero-order valence-corrected chi connectivity index (χ0v) is 12.8. The lowest BCUT2D eigenvalue weighted by Gasteiger charge is -2.02. The first-order valence-corrected chi connectivity index (χ1v) is 7.60. The molecule has 0 aliphatic heterocycles. The first-order valence-electron chi connectivity index (χ1n) is 6.10. The summed E-state index contributed by atoms with van der Waals surface area (Å²) in [5, 5.41) is 8.71. The molecule has 3 nitrogen and oxygen atoms in total. The molecule has 100 valence electrons. The Morgan fingerprint density at radius 1 is 1.10 bits per heavy atom. The fraction of sp³-hybridized carbons (Fsp3) is 0.0667. The monoisotopic (exact) mass is 347 g/mol. The second-order valence-corrected chi connectivity index (χ2v) is 5.31. The molecule has 0 radical (unpaired) electrons. The third kappa shape index (κ3) is 2.62. The van der Waals surface area contributed by atoms with E-state index in [-0.39, 0.29) is 0 Å². The zero-order valence-electron chi connectivity index (χ0n) is 10.5. The van der Waals surface area contributed by atoms with Crippen LogP contribution in [0.4, 0.5) is 0 Å². The summed E-state index contributed by atoms with van der Waals surface area (Å²) in [4.78, 5) is 4.55. The number of benzene rings is 2.